The highest BCUT2D eigenvalue weighted by Gasteiger charge is 2.10. The predicted molar refractivity (Wildman–Crippen MR) is 126 cm³/mol. The van der Waals surface area contributed by atoms with Crippen molar-refractivity contribution in [3.05, 3.63) is 101 Å². The third-order valence-electron chi connectivity index (χ3n) is 5.81. The normalized spacial score (nSPS) is 11.0. The van der Waals surface area contributed by atoms with Gasteiger partial charge in [-0.15, -0.1) is 0 Å². The van der Waals surface area contributed by atoms with Gasteiger partial charge in [0.25, 0.3) is 0 Å². The molecular formula is C28H24F2N2O. The lowest BCUT2D eigenvalue weighted by atomic mass is 9.98. The van der Waals surface area contributed by atoms with Gasteiger partial charge in [-0.2, -0.15) is 5.26 Å². The fourth-order valence-electron chi connectivity index (χ4n) is 3.94. The van der Waals surface area contributed by atoms with Gasteiger partial charge in [0.2, 0.25) is 0 Å². The summed E-state index contributed by atoms with van der Waals surface area (Å²) in [6.07, 6.45) is 4.69. The monoisotopic (exact) mass is 442 g/mol. The molecule has 166 valence electrons. The van der Waals surface area contributed by atoms with E-state index in [0.717, 1.165) is 47.2 Å². The molecule has 33 heavy (non-hydrogen) atoms. The molecule has 0 radical (unpaired) electrons. The van der Waals surface area contributed by atoms with Crippen LogP contribution in [0.3, 0.4) is 0 Å². The number of methoxy groups -OCH3 is 1. The molecule has 0 spiro atoms. The molecule has 1 heterocycles. The lowest BCUT2D eigenvalue weighted by molar-refractivity contribution is 0.195. The zero-order valence-electron chi connectivity index (χ0n) is 18.4. The molecule has 0 amide bonds. The number of pyridine rings is 1. The number of benzene rings is 3. The van der Waals surface area contributed by atoms with Gasteiger partial charge in [0.05, 0.1) is 11.3 Å². The Hall–Kier alpha value is -3.62. The average Bonchev–Trinajstić information content (AvgIpc) is 2.84. The fraction of sp³-hybridized carbons (Fsp3) is 0.214. The molecule has 0 aliphatic carbocycles. The first kappa shape index (κ1) is 22.6. The Bertz CT molecular complexity index is 1310. The van der Waals surface area contributed by atoms with Gasteiger partial charge in [-0.25, -0.2) is 8.78 Å². The van der Waals surface area contributed by atoms with Gasteiger partial charge in [-0.1, -0.05) is 36.4 Å². The summed E-state index contributed by atoms with van der Waals surface area (Å²) in [5, 5.41) is 10.2. The van der Waals surface area contributed by atoms with Gasteiger partial charge in [0.1, 0.15) is 17.7 Å². The van der Waals surface area contributed by atoms with E-state index in [-0.39, 0.29) is 11.4 Å². The van der Waals surface area contributed by atoms with Gasteiger partial charge in [-0.3, -0.25) is 4.98 Å². The van der Waals surface area contributed by atoms with Crippen LogP contribution in [0, 0.1) is 23.0 Å². The van der Waals surface area contributed by atoms with Crippen LogP contribution in [0.1, 0.15) is 28.7 Å². The Morgan fingerprint density at radius 3 is 2.48 bits per heavy atom. The lowest BCUT2D eigenvalue weighted by Crippen LogP contribution is -1.97. The number of aryl methyl sites for hydroxylation is 3. The van der Waals surface area contributed by atoms with E-state index >= 15 is 4.39 Å². The second kappa shape index (κ2) is 10.3. The van der Waals surface area contributed by atoms with Crippen LogP contribution < -0.4 is 0 Å². The zero-order valence-corrected chi connectivity index (χ0v) is 18.4. The smallest absolute Gasteiger partial charge is 0.141 e. The average molecular weight is 443 g/mol. The first-order valence-electron chi connectivity index (χ1n) is 10.9. The van der Waals surface area contributed by atoms with Crippen LogP contribution in [0.2, 0.25) is 0 Å². The number of fused-ring (bicyclic) bond motifs is 1. The van der Waals surface area contributed by atoms with Crippen molar-refractivity contribution in [2.24, 2.45) is 0 Å². The van der Waals surface area contributed by atoms with Crippen molar-refractivity contribution in [1.82, 2.24) is 4.98 Å². The van der Waals surface area contributed by atoms with E-state index in [1.807, 2.05) is 36.5 Å². The molecule has 0 atom stereocenters. The van der Waals surface area contributed by atoms with Crippen molar-refractivity contribution in [1.29, 1.82) is 5.26 Å². The highest BCUT2D eigenvalue weighted by molar-refractivity contribution is 5.88. The van der Waals surface area contributed by atoms with Gasteiger partial charge < -0.3 is 4.74 Å². The summed E-state index contributed by atoms with van der Waals surface area (Å²) in [5.41, 5.74) is 4.28. The highest BCUT2D eigenvalue weighted by Crippen LogP contribution is 2.27. The van der Waals surface area contributed by atoms with E-state index in [4.69, 9.17) is 10.00 Å². The van der Waals surface area contributed by atoms with Crippen molar-refractivity contribution in [2.45, 2.75) is 25.7 Å². The van der Waals surface area contributed by atoms with Gasteiger partial charge >= 0.3 is 0 Å². The van der Waals surface area contributed by atoms with Crippen molar-refractivity contribution in [3.8, 4) is 17.3 Å². The number of nitrogens with zero attached hydrogens (tertiary/aromatic N) is 2. The van der Waals surface area contributed by atoms with E-state index in [2.05, 4.69) is 11.1 Å². The van der Waals surface area contributed by atoms with Crippen LogP contribution in [0.25, 0.3) is 22.0 Å². The topological polar surface area (TPSA) is 45.9 Å². The van der Waals surface area contributed by atoms with Crippen LogP contribution in [-0.2, 0) is 24.0 Å². The maximum absolute atomic E-state index is 15.2. The lowest BCUT2D eigenvalue weighted by Gasteiger charge is -2.09. The highest BCUT2D eigenvalue weighted by atomic mass is 19.1. The second-order valence-corrected chi connectivity index (χ2v) is 8.05. The molecule has 1 aromatic heterocycles. The van der Waals surface area contributed by atoms with Crippen molar-refractivity contribution in [2.75, 3.05) is 13.7 Å². The molecule has 0 aliphatic rings. The van der Waals surface area contributed by atoms with E-state index in [1.165, 1.54) is 12.1 Å². The van der Waals surface area contributed by atoms with E-state index in [9.17, 15) is 4.39 Å². The molecule has 0 bridgehead atoms. The Kier molecular flexibility index (Phi) is 7.07. The Morgan fingerprint density at radius 1 is 0.909 bits per heavy atom. The number of aromatic nitrogens is 1. The number of halogens is 2. The molecule has 0 saturated carbocycles. The third kappa shape index (κ3) is 5.24. The van der Waals surface area contributed by atoms with Crippen LogP contribution >= 0.6 is 0 Å². The minimum Gasteiger partial charge on any atom is -0.385 e. The van der Waals surface area contributed by atoms with Gasteiger partial charge in [-0.05, 0) is 72.0 Å². The fourth-order valence-corrected chi connectivity index (χ4v) is 3.94. The van der Waals surface area contributed by atoms with E-state index in [0.29, 0.717) is 23.8 Å². The zero-order chi connectivity index (χ0) is 23.2. The molecule has 5 heteroatoms. The summed E-state index contributed by atoms with van der Waals surface area (Å²) in [7, 11) is 1.70. The largest absolute Gasteiger partial charge is 0.385 e. The molecule has 4 rings (SSSR count). The van der Waals surface area contributed by atoms with Gasteiger partial charge in [0.15, 0.2) is 0 Å². The molecule has 3 aromatic carbocycles. The molecular weight excluding hydrogens is 418 g/mol. The SMILES string of the molecule is COCCCc1ccc(-c2ccc3c(F)c(CCc4ccc(C#N)c(F)c4)ccc3c2)nc1. The molecule has 0 unspecified atom stereocenters. The molecule has 4 aromatic rings. The third-order valence-corrected chi connectivity index (χ3v) is 5.81. The molecule has 3 nitrogen and oxygen atoms in total. The van der Waals surface area contributed by atoms with Crippen LogP contribution in [0.5, 0.6) is 0 Å². The number of ether oxygens (including phenoxy) is 1. The summed E-state index contributed by atoms with van der Waals surface area (Å²) in [6, 6.07) is 19.7. The summed E-state index contributed by atoms with van der Waals surface area (Å²) < 4.78 is 34.1. The van der Waals surface area contributed by atoms with E-state index in [1.54, 1.807) is 25.3 Å². The standard InChI is InChI=1S/C28H24F2N2O/c1-33-14-2-3-20-6-13-27(32-18-20)23-11-12-25-22(16-23)10-9-21(28(25)30)7-4-19-5-8-24(17-31)26(29)15-19/h5-6,8-13,15-16,18H,2-4,7,14H2,1H3. The number of hydrogen-bond donors (Lipinski definition) is 0. The second-order valence-electron chi connectivity index (χ2n) is 8.05. The molecule has 0 aliphatic heterocycles. The first-order valence-corrected chi connectivity index (χ1v) is 10.9. The van der Waals surface area contributed by atoms with Crippen molar-refractivity contribution in [3.63, 3.8) is 0 Å². The summed E-state index contributed by atoms with van der Waals surface area (Å²) in [5.74, 6) is -0.798. The Balaban J connectivity index is 1.50. The van der Waals surface area contributed by atoms with Crippen molar-refractivity contribution >= 4 is 10.8 Å². The molecule has 0 fully saturated rings. The maximum Gasteiger partial charge on any atom is 0.141 e. The number of rotatable bonds is 8. The first-order chi connectivity index (χ1) is 16.1. The number of nitriles is 1. The summed E-state index contributed by atoms with van der Waals surface area (Å²) in [6.45, 7) is 0.727. The summed E-state index contributed by atoms with van der Waals surface area (Å²) in [4.78, 5) is 4.57. The van der Waals surface area contributed by atoms with Crippen LogP contribution in [0.15, 0.2) is 66.9 Å². The van der Waals surface area contributed by atoms with Crippen LogP contribution in [0.4, 0.5) is 8.78 Å². The summed E-state index contributed by atoms with van der Waals surface area (Å²) >= 11 is 0. The maximum atomic E-state index is 15.2. The Labute approximate surface area is 192 Å². The molecule has 0 saturated heterocycles. The minimum atomic E-state index is -0.543. The number of hydrogen-bond acceptors (Lipinski definition) is 3. The van der Waals surface area contributed by atoms with Crippen molar-refractivity contribution < 1.29 is 13.5 Å². The molecule has 0 N–H and O–H groups in total. The quantitative estimate of drug-likeness (QED) is 0.296. The predicted octanol–water partition coefficient (Wildman–Crippen LogP) is 6.42. The van der Waals surface area contributed by atoms with Gasteiger partial charge in [0, 0.05) is 30.9 Å². The van der Waals surface area contributed by atoms with E-state index < -0.39 is 5.82 Å². The van der Waals surface area contributed by atoms with Crippen LogP contribution in [-0.4, -0.2) is 18.7 Å². The minimum absolute atomic E-state index is 0.0154. The Morgan fingerprint density at radius 2 is 1.76 bits per heavy atom.